The second-order valence-corrected chi connectivity index (χ2v) is 10.7. The lowest BCUT2D eigenvalue weighted by atomic mass is 10.1. The van der Waals surface area contributed by atoms with Gasteiger partial charge in [-0.1, -0.05) is 0 Å². The summed E-state index contributed by atoms with van der Waals surface area (Å²) in [5.41, 5.74) is 5.91. The summed E-state index contributed by atoms with van der Waals surface area (Å²) in [4.78, 5) is 44.2. The number of fused-ring (bicyclic) bond motifs is 2. The number of likely N-dealkylation sites (N-methyl/N-ethyl adjacent to an activating group) is 1. The van der Waals surface area contributed by atoms with E-state index in [-0.39, 0.29) is 61.4 Å². The molecule has 2 aliphatic heterocycles. The van der Waals surface area contributed by atoms with Crippen LogP contribution in [-0.2, 0) is 27.2 Å². The number of nitrogens with zero attached hydrogens (tertiary/aromatic N) is 4. The summed E-state index contributed by atoms with van der Waals surface area (Å²) in [7, 11) is 1.88. The first-order chi connectivity index (χ1) is 19.4. The van der Waals surface area contributed by atoms with E-state index in [4.69, 9.17) is 29.8 Å². The Kier molecular flexibility index (Phi) is 8.87. The Hall–Kier alpha value is -4.11. The van der Waals surface area contributed by atoms with Gasteiger partial charge in [0.25, 0.3) is 18.3 Å². The van der Waals surface area contributed by atoms with Gasteiger partial charge in [0.05, 0.1) is 12.7 Å². The van der Waals surface area contributed by atoms with Crippen LogP contribution >= 0.6 is 0 Å². The number of carbonyl (C=O) groups excluding carboxylic acids is 2. The van der Waals surface area contributed by atoms with Crippen molar-refractivity contribution in [3.05, 3.63) is 35.0 Å². The molecular formula is C26H32F2N6O7. The van der Waals surface area contributed by atoms with E-state index in [2.05, 4.69) is 15.3 Å². The number of hydrogen-bond donors (Lipinski definition) is 3. The number of benzene rings is 1. The van der Waals surface area contributed by atoms with Gasteiger partial charge in [-0.2, -0.15) is 0 Å². The zero-order valence-electron chi connectivity index (χ0n) is 22.9. The zero-order chi connectivity index (χ0) is 29.9. The molecule has 0 bridgehead atoms. The van der Waals surface area contributed by atoms with Crippen LogP contribution in [-0.4, -0.2) is 89.5 Å². The molecule has 1 aliphatic carbocycles. The fraction of sp³-hybridized carbons (Fsp3) is 0.500. The molecule has 0 radical (unpaired) electrons. The number of amides is 2. The van der Waals surface area contributed by atoms with Gasteiger partial charge >= 0.3 is 6.09 Å². The monoisotopic (exact) mass is 578 g/mol. The Labute approximate surface area is 234 Å². The number of cyclic esters (lactones) is 1. The fourth-order valence-electron chi connectivity index (χ4n) is 4.73. The molecule has 1 aromatic carbocycles. The number of carboxylic acid groups (broad SMARTS) is 1. The van der Waals surface area contributed by atoms with E-state index < -0.39 is 29.4 Å². The Morgan fingerprint density at radius 2 is 2.02 bits per heavy atom. The Morgan fingerprint density at radius 3 is 2.73 bits per heavy atom. The van der Waals surface area contributed by atoms with Gasteiger partial charge in [0.15, 0.2) is 29.8 Å². The van der Waals surface area contributed by atoms with Gasteiger partial charge in [-0.3, -0.25) is 14.5 Å². The largest absolute Gasteiger partial charge is 0.489 e. The quantitative estimate of drug-likeness (QED) is 0.390. The normalized spacial score (nSPS) is 19.4. The van der Waals surface area contributed by atoms with Crippen molar-refractivity contribution < 1.29 is 42.5 Å². The van der Waals surface area contributed by atoms with E-state index in [1.165, 1.54) is 11.1 Å². The summed E-state index contributed by atoms with van der Waals surface area (Å²) >= 11 is 0. The van der Waals surface area contributed by atoms with Crippen LogP contribution in [0, 0.1) is 11.6 Å². The van der Waals surface area contributed by atoms with Crippen molar-refractivity contribution in [2.45, 2.75) is 50.8 Å². The van der Waals surface area contributed by atoms with Gasteiger partial charge in [-0.05, 0) is 51.3 Å². The SMILES string of the molecule is CN(CCC1CN(c2cnc3c(n2)NC(=O)CO3)C(=O)O1)C1Cc2c(F)cc(OCC(C)(C)N)c(F)c2C1.O=CO. The average molecular weight is 579 g/mol. The van der Waals surface area contributed by atoms with Crippen LogP contribution in [0.15, 0.2) is 12.3 Å². The highest BCUT2D eigenvalue weighted by molar-refractivity contribution is 5.94. The zero-order valence-corrected chi connectivity index (χ0v) is 22.9. The molecule has 1 saturated heterocycles. The van der Waals surface area contributed by atoms with E-state index in [0.29, 0.717) is 36.9 Å². The summed E-state index contributed by atoms with van der Waals surface area (Å²) in [6.45, 7) is 3.95. The maximum atomic E-state index is 15.1. The van der Waals surface area contributed by atoms with Crippen molar-refractivity contribution in [1.29, 1.82) is 0 Å². The summed E-state index contributed by atoms with van der Waals surface area (Å²) in [6, 6.07) is 0.981. The number of carbonyl (C=O) groups is 3. The molecule has 2 unspecified atom stereocenters. The number of aromatic nitrogens is 2. The van der Waals surface area contributed by atoms with Crippen LogP contribution < -0.4 is 25.4 Å². The van der Waals surface area contributed by atoms with Gasteiger partial charge in [0.2, 0.25) is 0 Å². The summed E-state index contributed by atoms with van der Waals surface area (Å²) < 4.78 is 46.1. The number of hydrogen-bond acceptors (Lipinski definition) is 10. The number of halogens is 2. The van der Waals surface area contributed by atoms with E-state index in [1.54, 1.807) is 13.8 Å². The highest BCUT2D eigenvalue weighted by Crippen LogP contribution is 2.35. The van der Waals surface area contributed by atoms with Crippen molar-refractivity contribution >= 4 is 30.1 Å². The van der Waals surface area contributed by atoms with E-state index in [9.17, 15) is 14.0 Å². The molecule has 2 amide bonds. The van der Waals surface area contributed by atoms with Crippen molar-refractivity contribution in [1.82, 2.24) is 14.9 Å². The molecule has 13 nitrogen and oxygen atoms in total. The van der Waals surface area contributed by atoms with Crippen LogP contribution in [0.4, 0.5) is 25.2 Å². The van der Waals surface area contributed by atoms with E-state index in [1.807, 2.05) is 11.9 Å². The van der Waals surface area contributed by atoms with E-state index >= 15 is 4.39 Å². The molecule has 0 saturated carbocycles. The van der Waals surface area contributed by atoms with Crippen molar-refractivity contribution in [3.8, 4) is 11.6 Å². The number of nitrogens with two attached hydrogens (primary N) is 1. The van der Waals surface area contributed by atoms with Crippen molar-refractivity contribution in [2.75, 3.05) is 43.6 Å². The van der Waals surface area contributed by atoms with Crippen LogP contribution in [0.3, 0.4) is 0 Å². The highest BCUT2D eigenvalue weighted by Gasteiger charge is 2.36. The molecule has 3 aliphatic rings. The number of nitrogens with one attached hydrogen (secondary N) is 1. The topological polar surface area (TPSA) is 169 Å². The minimum Gasteiger partial charge on any atom is -0.489 e. The number of rotatable bonds is 8. The third-order valence-electron chi connectivity index (χ3n) is 6.77. The smallest absolute Gasteiger partial charge is 0.415 e. The maximum absolute atomic E-state index is 15.1. The lowest BCUT2D eigenvalue weighted by Crippen LogP contribution is -2.38. The first-order valence-electron chi connectivity index (χ1n) is 12.9. The van der Waals surface area contributed by atoms with Crippen LogP contribution in [0.25, 0.3) is 0 Å². The van der Waals surface area contributed by atoms with Crippen molar-refractivity contribution in [3.63, 3.8) is 0 Å². The number of ether oxygens (including phenoxy) is 3. The van der Waals surface area contributed by atoms with Crippen LogP contribution in [0.5, 0.6) is 11.6 Å². The Morgan fingerprint density at radius 1 is 1.32 bits per heavy atom. The predicted octanol–water partition coefficient (Wildman–Crippen LogP) is 1.72. The van der Waals surface area contributed by atoms with Gasteiger partial charge < -0.3 is 35.3 Å². The summed E-state index contributed by atoms with van der Waals surface area (Å²) in [5, 5.41) is 9.45. The Balaban J connectivity index is 0.00000124. The standard InChI is InChI=1S/C25H30F2N6O5.CH2O2/c1-25(2,28)12-37-18-8-17(26)15-6-13(7-16(15)21(18)27)32(3)5-4-14-10-33(24(35)38-14)19-9-29-23-22(30-19)31-20(34)11-36-23;2-1-3/h8-9,13-14H,4-7,10-12,28H2,1-3H3,(H,30,31,34);1H,(H,2,3). The predicted molar refractivity (Wildman–Crippen MR) is 141 cm³/mol. The second-order valence-electron chi connectivity index (χ2n) is 10.7. The van der Waals surface area contributed by atoms with E-state index in [0.717, 1.165) is 6.07 Å². The molecule has 15 heteroatoms. The fourth-order valence-corrected chi connectivity index (χ4v) is 4.73. The third kappa shape index (κ3) is 6.97. The molecule has 4 N–H and O–H groups in total. The first kappa shape index (κ1) is 29.9. The second kappa shape index (κ2) is 12.2. The molecule has 1 fully saturated rings. The van der Waals surface area contributed by atoms with Crippen LogP contribution in [0.1, 0.15) is 31.4 Å². The minimum atomic E-state index is -0.680. The summed E-state index contributed by atoms with van der Waals surface area (Å²) in [5.74, 6) is -0.946. The van der Waals surface area contributed by atoms with Gasteiger partial charge in [-0.25, -0.2) is 23.5 Å². The van der Waals surface area contributed by atoms with Crippen LogP contribution in [0.2, 0.25) is 0 Å². The molecule has 2 aromatic rings. The third-order valence-corrected chi connectivity index (χ3v) is 6.77. The molecule has 0 spiro atoms. The molecule has 5 rings (SSSR count). The molecule has 222 valence electrons. The Bertz CT molecular complexity index is 1320. The molecule has 3 heterocycles. The van der Waals surface area contributed by atoms with Crippen molar-refractivity contribution in [2.24, 2.45) is 5.73 Å². The minimum absolute atomic E-state index is 0.0576. The van der Waals surface area contributed by atoms with Gasteiger partial charge in [-0.15, -0.1) is 0 Å². The van der Waals surface area contributed by atoms with Gasteiger partial charge in [0, 0.05) is 24.2 Å². The highest BCUT2D eigenvalue weighted by atomic mass is 19.1. The lowest BCUT2D eigenvalue weighted by Gasteiger charge is -2.25. The number of anilines is 2. The lowest BCUT2D eigenvalue weighted by molar-refractivity contribution is -0.123. The average Bonchev–Trinajstić information content (AvgIpc) is 3.53. The molecular weight excluding hydrogens is 546 g/mol. The summed E-state index contributed by atoms with van der Waals surface area (Å²) in [6.07, 6.45) is 1.62. The first-order valence-corrected chi connectivity index (χ1v) is 12.9. The molecule has 1 aromatic heterocycles. The maximum Gasteiger partial charge on any atom is 0.415 e. The molecule has 41 heavy (non-hydrogen) atoms. The molecule has 2 atom stereocenters. The van der Waals surface area contributed by atoms with Gasteiger partial charge in [0.1, 0.15) is 18.5 Å².